The molecule has 3 amide bonds. The van der Waals surface area contributed by atoms with E-state index < -0.39 is 59.7 Å². The van der Waals surface area contributed by atoms with Gasteiger partial charge < -0.3 is 40.1 Å². The number of carboxylic acid groups (broad SMARTS) is 1. The van der Waals surface area contributed by atoms with E-state index in [1.54, 1.807) is 62.3 Å². The number of allylic oxidation sites excluding steroid dienone is 1. The van der Waals surface area contributed by atoms with Crippen molar-refractivity contribution in [2.24, 2.45) is 10.7 Å². The number of Topliss-reactive ketones (excluding diaryl/α,β-unsaturated/α-hetero) is 2. The normalized spacial score (nSPS) is 12.7. The number of alkyl carbamates (subject to hydrolysis) is 2. The molecule has 1 aromatic rings. The van der Waals surface area contributed by atoms with Crippen LogP contribution in [0.2, 0.25) is 0 Å². The second kappa shape index (κ2) is 30.1. The van der Waals surface area contributed by atoms with Crippen LogP contribution >= 0.6 is 0 Å². The van der Waals surface area contributed by atoms with Gasteiger partial charge in [-0.1, -0.05) is 6.58 Å². The van der Waals surface area contributed by atoms with E-state index in [9.17, 15) is 50.3 Å². The lowest BCUT2D eigenvalue weighted by Gasteiger charge is -2.20. The largest absolute Gasteiger partial charge is 0.542 e. The first-order valence-corrected chi connectivity index (χ1v) is 21.0. The number of aldehydes is 1. The molecule has 0 unspecified atom stereocenters. The van der Waals surface area contributed by atoms with Crippen molar-refractivity contribution in [3.05, 3.63) is 42.0 Å². The molecule has 0 aromatic carbocycles. The quantitative estimate of drug-likeness (QED) is 0.0270. The first kappa shape index (κ1) is 63.7. The Balaban J connectivity index is 0. The Morgan fingerprint density at radius 3 is 1.69 bits per heavy atom. The molecule has 1 aliphatic heterocycles. The van der Waals surface area contributed by atoms with Gasteiger partial charge in [0.15, 0.2) is 5.78 Å². The highest BCUT2D eigenvalue weighted by Gasteiger charge is 2.29. The number of amides is 3. The molecule has 2 rings (SSSR count). The highest BCUT2D eigenvalue weighted by Crippen LogP contribution is 2.14. The fraction of sp³-hybridized carbons (Fsp3) is 0.605. The van der Waals surface area contributed by atoms with E-state index in [1.165, 1.54) is 24.1 Å². The molecule has 0 saturated heterocycles. The van der Waals surface area contributed by atoms with Crippen molar-refractivity contribution in [2.45, 2.75) is 162 Å². The van der Waals surface area contributed by atoms with Crippen LogP contribution in [0.1, 0.15) is 132 Å². The lowest BCUT2D eigenvalue weighted by atomic mass is 10.1. The molecule has 0 radical (unpaired) electrons. The van der Waals surface area contributed by atoms with E-state index in [2.05, 4.69) is 43.6 Å². The number of carbonyl (C=O) groups excluding carboxylic acids is 7. The number of ketones is 2. The van der Waals surface area contributed by atoms with E-state index in [-0.39, 0.29) is 55.5 Å². The van der Waals surface area contributed by atoms with E-state index in [4.69, 9.17) is 40.4 Å². The van der Waals surface area contributed by atoms with Gasteiger partial charge in [0.25, 0.3) is 0 Å². The number of hydrogen-bond donors (Lipinski definition) is 7. The lowest BCUT2D eigenvalue weighted by Crippen LogP contribution is -2.70. The van der Waals surface area contributed by atoms with Crippen molar-refractivity contribution >= 4 is 59.6 Å². The number of aliphatic imine (C=N–C) groups is 1. The van der Waals surface area contributed by atoms with Crippen LogP contribution in [0.25, 0.3) is 0 Å². The van der Waals surface area contributed by atoms with Gasteiger partial charge in [-0.15, -0.1) is 0 Å². The first-order valence-electron chi connectivity index (χ1n) is 21.0. The number of H-pyrrole nitrogens is 1. The standard InChI is InChI=1S/C27H46N4O8.C12H18N4.C2HF3O2.C2HF3O/c1-18(29-22(34)37-25(2,3)4)28-17-20(33)14-12-11-13-19(32)15-16-21(30-23(35)38-26(5,6)7)31-24(36)39-27(8,9)10;13-11-6-5-10(16-11)4-2-1-3-9-7-12(14)15-8-9;3-2(4,5)1(6)7;3-2(4,5)1-6/h28H,1,11-17H2,2-10H3,(H,29,34)(H,30,31,35,36);5,7-8,15H,1-4,6,14H2,(H2,13,16);(H,6,7);1H. The number of ether oxygens (including phenoxy) is 3. The minimum Gasteiger partial charge on any atom is -0.542 e. The summed E-state index contributed by atoms with van der Waals surface area (Å²) in [6.07, 6.45) is -2.23. The van der Waals surface area contributed by atoms with Gasteiger partial charge in [-0.2, -0.15) is 31.3 Å². The molecule has 68 heavy (non-hydrogen) atoms. The van der Waals surface area contributed by atoms with Gasteiger partial charge in [-0.05, 0) is 112 Å². The molecule has 0 fully saturated rings. The molecule has 25 heteroatoms. The number of aromatic nitrogens is 1. The van der Waals surface area contributed by atoms with Crippen molar-refractivity contribution in [3.8, 4) is 0 Å². The Labute approximate surface area is 391 Å². The van der Waals surface area contributed by atoms with Crippen LogP contribution in [0, 0.1) is 0 Å². The van der Waals surface area contributed by atoms with Crippen molar-refractivity contribution in [1.29, 1.82) is 0 Å². The fourth-order valence-electron chi connectivity index (χ4n) is 4.71. The van der Waals surface area contributed by atoms with E-state index in [0.717, 1.165) is 30.9 Å². The number of nitrogens with zero attached hydrogens (tertiary/aromatic N) is 1. The number of halogens is 6. The Kier molecular flexibility index (Phi) is 28.1. The number of aromatic amines is 1. The number of alkyl halides is 6. The number of nitrogens with two attached hydrogens (primary N) is 2. The average Bonchev–Trinajstić information content (AvgIpc) is 3.77. The van der Waals surface area contributed by atoms with Crippen LogP contribution in [-0.2, 0) is 39.8 Å². The predicted octanol–water partition coefficient (Wildman–Crippen LogP) is 4.99. The molecule has 0 aliphatic carbocycles. The van der Waals surface area contributed by atoms with Crippen LogP contribution in [0.15, 0.2) is 41.4 Å². The van der Waals surface area contributed by atoms with Crippen LogP contribution in [-0.4, -0.2) is 94.5 Å². The molecule has 0 bridgehead atoms. The number of amidine groups is 2. The molecule has 2 heterocycles. The Hall–Kier alpha value is -6.43. The van der Waals surface area contributed by atoms with Gasteiger partial charge in [-0.25, -0.2) is 19.4 Å². The van der Waals surface area contributed by atoms with Gasteiger partial charge in [-0.3, -0.25) is 30.8 Å². The summed E-state index contributed by atoms with van der Waals surface area (Å²) in [5.41, 5.74) is 11.6. The smallest absolute Gasteiger partial charge is 0.446 e. The van der Waals surface area contributed by atoms with E-state index in [0.29, 0.717) is 12.8 Å². The molecular weight excluding hydrogens is 919 g/mol. The molecule has 1 aromatic heterocycles. The zero-order chi connectivity index (χ0) is 53.1. The molecular formula is C43H66F6N8O11. The highest BCUT2D eigenvalue weighted by molar-refractivity contribution is 6.01. The van der Waals surface area contributed by atoms with Gasteiger partial charge in [0.1, 0.15) is 46.0 Å². The van der Waals surface area contributed by atoms with Crippen LogP contribution < -0.4 is 37.5 Å². The summed E-state index contributed by atoms with van der Waals surface area (Å²) in [7, 11) is 0. The molecule has 386 valence electrons. The Morgan fingerprint density at radius 2 is 1.26 bits per heavy atom. The van der Waals surface area contributed by atoms with Crippen LogP contribution in [0.4, 0.5) is 46.5 Å². The fourth-order valence-corrected chi connectivity index (χ4v) is 4.71. The molecule has 1 aliphatic rings. The maximum Gasteiger partial charge on any atom is 0.446 e. The molecule has 9 N–H and O–H groups in total. The summed E-state index contributed by atoms with van der Waals surface area (Å²) >= 11 is 0. The van der Waals surface area contributed by atoms with Gasteiger partial charge in [0.2, 0.25) is 12.1 Å². The number of nitrogen functional groups attached to an aromatic ring is 1. The summed E-state index contributed by atoms with van der Waals surface area (Å²) in [5.74, 6) is -1.50. The minimum atomic E-state index is -5.19. The molecule has 0 atom stereocenters. The monoisotopic (exact) mass is 984 g/mol. The maximum atomic E-state index is 12.4. The van der Waals surface area contributed by atoms with E-state index in [1.807, 2.05) is 12.3 Å². The first-order chi connectivity index (χ1) is 30.9. The van der Waals surface area contributed by atoms with Crippen molar-refractivity contribution in [3.63, 3.8) is 0 Å². The number of carbonyl (C=O) groups is 7. The van der Waals surface area contributed by atoms with Crippen LogP contribution in [0.3, 0.4) is 0 Å². The summed E-state index contributed by atoms with van der Waals surface area (Å²) in [6, 6.07) is 2.00. The van der Waals surface area contributed by atoms with Crippen molar-refractivity contribution in [1.82, 2.24) is 20.9 Å². The van der Waals surface area contributed by atoms with Gasteiger partial charge in [0, 0.05) is 38.3 Å². The second-order valence-corrected chi connectivity index (χ2v) is 17.6. The lowest BCUT2D eigenvalue weighted by molar-refractivity contribution is -0.398. The molecule has 0 saturated carbocycles. The van der Waals surface area contributed by atoms with E-state index >= 15 is 0 Å². The SMILES string of the molecule is C=C(NCC(=O)CCCCC(=O)CCC(=NC(=O)OC(C)(C)C)NC(=O)OC(C)(C)C)NC(=O)OC(C)(C)C.NC1=[NH+]C(CCCCc2c[nH]c(N)c2)=CC1.O=C([O-])C(F)(F)F.O=CC(F)(F)F. The summed E-state index contributed by atoms with van der Waals surface area (Å²) in [6.45, 7) is 18.9. The third-order valence-corrected chi connectivity index (χ3v) is 7.40. The van der Waals surface area contributed by atoms with Crippen molar-refractivity contribution < 1.29 is 84.2 Å². The Morgan fingerprint density at radius 1 is 0.779 bits per heavy atom. The van der Waals surface area contributed by atoms with Crippen molar-refractivity contribution in [2.75, 3.05) is 12.3 Å². The number of nitrogens with one attached hydrogen (secondary N) is 5. The number of unbranched alkanes of at least 4 members (excludes halogenated alkanes) is 2. The zero-order valence-electron chi connectivity index (χ0n) is 39.9. The Bertz CT molecular complexity index is 1920. The third-order valence-electron chi connectivity index (χ3n) is 7.40. The van der Waals surface area contributed by atoms with Crippen LogP contribution in [0.5, 0.6) is 0 Å². The summed E-state index contributed by atoms with van der Waals surface area (Å²) in [4.78, 5) is 87.8. The minimum absolute atomic E-state index is 0.00687. The second-order valence-electron chi connectivity index (χ2n) is 17.6. The number of aliphatic carboxylic acids is 1. The molecule has 19 nitrogen and oxygen atoms in total. The number of aryl methyl sites for hydroxylation is 1. The highest BCUT2D eigenvalue weighted by atomic mass is 19.4. The topological polar surface area (TPSA) is 300 Å². The van der Waals surface area contributed by atoms with Gasteiger partial charge >= 0.3 is 30.6 Å². The van der Waals surface area contributed by atoms with Gasteiger partial charge in [0.05, 0.1) is 18.7 Å². The number of rotatable bonds is 17. The summed E-state index contributed by atoms with van der Waals surface area (Å²) < 4.78 is 78.3. The summed E-state index contributed by atoms with van der Waals surface area (Å²) in [5, 5.41) is 16.3. The number of hydrogen-bond acceptors (Lipinski definition) is 14. The third kappa shape index (κ3) is 39.9. The number of anilines is 1. The number of carboxylic acids is 1. The zero-order valence-corrected chi connectivity index (χ0v) is 39.9. The predicted molar refractivity (Wildman–Crippen MR) is 236 cm³/mol. The molecule has 0 spiro atoms. The average molecular weight is 985 g/mol. The maximum absolute atomic E-state index is 12.4.